The van der Waals surface area contributed by atoms with Crippen molar-refractivity contribution in [2.45, 2.75) is 24.7 Å². The van der Waals surface area contributed by atoms with Crippen LogP contribution in [0.1, 0.15) is 19.8 Å². The largest absolute Gasteiger partial charge is 0.495 e. The molecule has 0 unspecified atom stereocenters. The Hall–Kier alpha value is -1.35. The van der Waals surface area contributed by atoms with Gasteiger partial charge in [-0.15, -0.1) is 0 Å². The number of likely N-dealkylation sites (N-methyl/N-ethyl adjacent to an activating group) is 1. The number of amides is 1. The fourth-order valence-corrected chi connectivity index (χ4v) is 5.66. The van der Waals surface area contributed by atoms with Gasteiger partial charge in [0.05, 0.1) is 17.0 Å². The third-order valence-corrected chi connectivity index (χ3v) is 7.89. The van der Waals surface area contributed by atoms with Crippen molar-refractivity contribution in [3.8, 4) is 5.75 Å². The fourth-order valence-electron chi connectivity index (χ4n) is 3.84. The average Bonchev–Trinajstić information content (AvgIpc) is 2.73. The third kappa shape index (κ3) is 4.45. The summed E-state index contributed by atoms with van der Waals surface area (Å²) in [5, 5.41) is 0.264. The number of hydrogen-bond acceptors (Lipinski definition) is 5. The van der Waals surface area contributed by atoms with Gasteiger partial charge in [-0.2, -0.15) is 4.31 Å². The van der Waals surface area contributed by atoms with Gasteiger partial charge >= 0.3 is 0 Å². The lowest BCUT2D eigenvalue weighted by Crippen LogP contribution is -2.51. The number of piperidine rings is 1. The standard InChI is InChI=1S/C19H28ClN3O4S/c1-3-21-10-12-22(13-11-21)19(24)15-6-8-23(9-7-15)28(25,26)16-4-5-18(27-2)17(20)14-16/h4-5,14-15H,3,6-13H2,1-2H3. The summed E-state index contributed by atoms with van der Waals surface area (Å²) in [6, 6.07) is 4.48. The maximum atomic E-state index is 12.9. The van der Waals surface area contributed by atoms with Crippen LogP contribution in [0.3, 0.4) is 0 Å². The molecule has 0 saturated carbocycles. The summed E-state index contributed by atoms with van der Waals surface area (Å²) < 4.78 is 32.4. The molecule has 0 atom stereocenters. The minimum atomic E-state index is -3.63. The van der Waals surface area contributed by atoms with Crippen molar-refractivity contribution in [3.63, 3.8) is 0 Å². The third-order valence-electron chi connectivity index (χ3n) is 5.70. The summed E-state index contributed by atoms with van der Waals surface area (Å²) in [7, 11) is -2.15. The van der Waals surface area contributed by atoms with Gasteiger partial charge in [-0.25, -0.2) is 8.42 Å². The number of ether oxygens (including phenoxy) is 1. The number of carbonyl (C=O) groups excluding carboxylic acids is 1. The van der Waals surface area contributed by atoms with Crippen molar-refractivity contribution in [1.29, 1.82) is 0 Å². The predicted octanol–water partition coefficient (Wildman–Crippen LogP) is 1.91. The zero-order valence-electron chi connectivity index (χ0n) is 16.4. The van der Waals surface area contributed by atoms with Crippen LogP contribution in [-0.4, -0.2) is 81.4 Å². The molecule has 2 saturated heterocycles. The number of hydrogen-bond donors (Lipinski definition) is 0. The van der Waals surface area contributed by atoms with Gasteiger partial charge in [0.1, 0.15) is 5.75 Å². The monoisotopic (exact) mass is 429 g/mol. The number of carbonyl (C=O) groups is 1. The highest BCUT2D eigenvalue weighted by Gasteiger charge is 2.34. The molecule has 3 rings (SSSR count). The van der Waals surface area contributed by atoms with Crippen LogP contribution in [0.2, 0.25) is 5.02 Å². The Bertz CT molecular complexity index is 801. The Morgan fingerprint density at radius 1 is 1.14 bits per heavy atom. The first-order valence-electron chi connectivity index (χ1n) is 9.71. The van der Waals surface area contributed by atoms with Gasteiger partial charge in [0.25, 0.3) is 0 Å². The Morgan fingerprint density at radius 2 is 1.79 bits per heavy atom. The number of methoxy groups -OCH3 is 1. The number of halogens is 1. The summed E-state index contributed by atoms with van der Waals surface area (Å²) in [5.41, 5.74) is 0. The van der Waals surface area contributed by atoms with Crippen LogP contribution >= 0.6 is 11.6 Å². The van der Waals surface area contributed by atoms with E-state index in [1.54, 1.807) is 6.07 Å². The predicted molar refractivity (Wildman–Crippen MR) is 108 cm³/mol. The van der Waals surface area contributed by atoms with E-state index in [0.29, 0.717) is 31.7 Å². The van der Waals surface area contributed by atoms with Crippen LogP contribution in [0.4, 0.5) is 0 Å². The SMILES string of the molecule is CCN1CCN(C(=O)C2CCN(S(=O)(=O)c3ccc(OC)c(Cl)c3)CC2)CC1. The molecule has 0 spiro atoms. The number of sulfonamides is 1. The van der Waals surface area contributed by atoms with Gasteiger partial charge in [0.2, 0.25) is 15.9 Å². The Kier molecular flexibility index (Phi) is 6.85. The molecular weight excluding hydrogens is 402 g/mol. The van der Waals surface area contributed by atoms with E-state index in [2.05, 4.69) is 11.8 Å². The highest BCUT2D eigenvalue weighted by molar-refractivity contribution is 7.89. The van der Waals surface area contributed by atoms with E-state index in [-0.39, 0.29) is 21.7 Å². The van der Waals surface area contributed by atoms with Crippen molar-refractivity contribution in [2.75, 3.05) is 52.9 Å². The van der Waals surface area contributed by atoms with Crippen LogP contribution in [0.25, 0.3) is 0 Å². The molecule has 0 aliphatic carbocycles. The van der Waals surface area contributed by atoms with E-state index < -0.39 is 10.0 Å². The minimum Gasteiger partial charge on any atom is -0.495 e. The molecule has 0 aromatic heterocycles. The van der Waals surface area contributed by atoms with Gasteiger partial charge in [-0.3, -0.25) is 4.79 Å². The molecule has 2 heterocycles. The number of rotatable bonds is 5. The summed E-state index contributed by atoms with van der Waals surface area (Å²) in [6.45, 7) is 7.17. The van der Waals surface area contributed by atoms with Gasteiger partial charge in [0.15, 0.2) is 0 Å². The lowest BCUT2D eigenvalue weighted by Gasteiger charge is -2.38. The first-order valence-corrected chi connectivity index (χ1v) is 11.5. The zero-order chi connectivity index (χ0) is 20.3. The molecule has 156 valence electrons. The van der Waals surface area contributed by atoms with E-state index in [9.17, 15) is 13.2 Å². The lowest BCUT2D eigenvalue weighted by molar-refractivity contribution is -0.138. The first-order chi connectivity index (χ1) is 13.4. The highest BCUT2D eigenvalue weighted by Crippen LogP contribution is 2.30. The molecule has 0 radical (unpaired) electrons. The Balaban J connectivity index is 1.60. The van der Waals surface area contributed by atoms with Crippen molar-refractivity contribution in [1.82, 2.24) is 14.1 Å². The topological polar surface area (TPSA) is 70.2 Å². The molecule has 1 aromatic carbocycles. The second-order valence-electron chi connectivity index (χ2n) is 7.23. The molecule has 2 fully saturated rings. The number of benzene rings is 1. The van der Waals surface area contributed by atoms with E-state index in [4.69, 9.17) is 16.3 Å². The second kappa shape index (κ2) is 8.98. The quantitative estimate of drug-likeness (QED) is 0.715. The van der Waals surface area contributed by atoms with Crippen molar-refractivity contribution in [2.24, 2.45) is 5.92 Å². The van der Waals surface area contributed by atoms with Gasteiger partial charge in [-0.1, -0.05) is 18.5 Å². The van der Waals surface area contributed by atoms with Crippen LogP contribution in [0, 0.1) is 5.92 Å². The van der Waals surface area contributed by atoms with Gasteiger partial charge in [-0.05, 0) is 37.6 Å². The normalized spacial score (nSPS) is 20.3. The first kappa shape index (κ1) is 21.4. The highest BCUT2D eigenvalue weighted by atomic mass is 35.5. The van der Waals surface area contributed by atoms with Crippen LogP contribution in [0.5, 0.6) is 5.75 Å². The van der Waals surface area contributed by atoms with Crippen molar-refractivity contribution < 1.29 is 17.9 Å². The molecular formula is C19H28ClN3O4S. The van der Waals surface area contributed by atoms with Crippen molar-refractivity contribution >= 4 is 27.5 Å². The van der Waals surface area contributed by atoms with Crippen LogP contribution in [-0.2, 0) is 14.8 Å². The minimum absolute atomic E-state index is 0.0981. The maximum Gasteiger partial charge on any atom is 0.243 e. The van der Waals surface area contributed by atoms with Crippen LogP contribution < -0.4 is 4.74 Å². The smallest absolute Gasteiger partial charge is 0.243 e. The van der Waals surface area contributed by atoms with E-state index in [0.717, 1.165) is 32.7 Å². The summed E-state index contributed by atoms with van der Waals surface area (Å²) >= 11 is 6.08. The molecule has 0 N–H and O–H groups in total. The Labute approximate surface area is 172 Å². The molecule has 0 bridgehead atoms. The average molecular weight is 430 g/mol. The molecule has 7 nitrogen and oxygen atoms in total. The van der Waals surface area contributed by atoms with E-state index in [1.165, 1.54) is 23.5 Å². The molecule has 1 aromatic rings. The molecule has 2 aliphatic heterocycles. The van der Waals surface area contributed by atoms with Crippen molar-refractivity contribution in [3.05, 3.63) is 23.2 Å². The van der Waals surface area contributed by atoms with Crippen LogP contribution in [0.15, 0.2) is 23.1 Å². The van der Waals surface area contributed by atoms with E-state index in [1.807, 2.05) is 4.90 Å². The lowest BCUT2D eigenvalue weighted by atomic mass is 9.96. The molecule has 2 aliphatic rings. The summed E-state index contributed by atoms with van der Waals surface area (Å²) in [5.74, 6) is 0.507. The fraction of sp³-hybridized carbons (Fsp3) is 0.632. The Morgan fingerprint density at radius 3 is 2.32 bits per heavy atom. The zero-order valence-corrected chi connectivity index (χ0v) is 18.0. The number of nitrogens with zero attached hydrogens (tertiary/aromatic N) is 3. The summed E-state index contributed by atoms with van der Waals surface area (Å²) in [6.07, 6.45) is 1.10. The summed E-state index contributed by atoms with van der Waals surface area (Å²) in [4.78, 5) is 17.2. The van der Waals surface area contributed by atoms with Gasteiger partial charge < -0.3 is 14.5 Å². The maximum absolute atomic E-state index is 12.9. The molecule has 1 amide bonds. The van der Waals surface area contributed by atoms with Gasteiger partial charge in [0, 0.05) is 45.2 Å². The molecule has 28 heavy (non-hydrogen) atoms. The second-order valence-corrected chi connectivity index (χ2v) is 9.58. The molecule has 9 heteroatoms. The number of piperazine rings is 1. The van der Waals surface area contributed by atoms with E-state index >= 15 is 0 Å².